The number of rotatable bonds is 9. The molecule has 0 atom stereocenters. The summed E-state index contributed by atoms with van der Waals surface area (Å²) < 4.78 is 24.0. The molecule has 0 spiro atoms. The predicted molar refractivity (Wildman–Crippen MR) is 136 cm³/mol. The van der Waals surface area contributed by atoms with Crippen LogP contribution in [0.15, 0.2) is 65.6 Å². The number of aryl methyl sites for hydroxylation is 1. The fraction of sp³-hybridized carbons (Fsp3) is 0.185. The molecule has 4 rings (SSSR count). The highest BCUT2D eigenvalue weighted by atomic mass is 35.5. The maximum atomic E-state index is 13.0. The van der Waals surface area contributed by atoms with Gasteiger partial charge in [0, 0.05) is 19.3 Å². The molecule has 8 nitrogen and oxygen atoms in total. The molecular formula is C27H24ClNO7. The van der Waals surface area contributed by atoms with Crippen LogP contribution in [0.25, 0.3) is 10.9 Å². The van der Waals surface area contributed by atoms with Gasteiger partial charge in [0.05, 0.1) is 30.1 Å². The van der Waals surface area contributed by atoms with Gasteiger partial charge in [0.25, 0.3) is 0 Å². The van der Waals surface area contributed by atoms with Gasteiger partial charge in [-0.2, -0.15) is 0 Å². The predicted octanol–water partition coefficient (Wildman–Crippen LogP) is 5.07. The molecule has 0 amide bonds. The molecule has 0 aliphatic rings. The average Bonchev–Trinajstić information content (AvgIpc) is 2.89. The molecule has 1 aromatic heterocycles. The number of carboxylic acid groups (broad SMARTS) is 1. The Morgan fingerprint density at radius 1 is 0.917 bits per heavy atom. The number of hydrogen-bond donors (Lipinski definition) is 1. The Morgan fingerprint density at radius 3 is 1.94 bits per heavy atom. The highest BCUT2D eigenvalue weighted by Crippen LogP contribution is 2.41. The summed E-state index contributed by atoms with van der Waals surface area (Å²) >= 11 is 6.69. The molecule has 0 radical (unpaired) electrons. The first-order valence-corrected chi connectivity index (χ1v) is 11.3. The Balaban J connectivity index is 1.76. The van der Waals surface area contributed by atoms with Crippen LogP contribution in [0.4, 0.5) is 0 Å². The highest BCUT2D eigenvalue weighted by Gasteiger charge is 2.22. The van der Waals surface area contributed by atoms with Gasteiger partial charge in [0.15, 0.2) is 11.5 Å². The number of nitrogens with zero attached hydrogens (tertiary/aromatic N) is 1. The largest absolute Gasteiger partial charge is 0.497 e. The van der Waals surface area contributed by atoms with Crippen molar-refractivity contribution >= 4 is 28.5 Å². The number of fused-ring (bicyclic) bond motifs is 1. The van der Waals surface area contributed by atoms with Gasteiger partial charge in [0.1, 0.15) is 30.3 Å². The third-order valence-electron chi connectivity index (χ3n) is 5.67. The van der Waals surface area contributed by atoms with Gasteiger partial charge in [-0.15, -0.1) is 0 Å². The van der Waals surface area contributed by atoms with Crippen molar-refractivity contribution in [1.82, 2.24) is 4.57 Å². The van der Waals surface area contributed by atoms with Crippen molar-refractivity contribution < 1.29 is 28.8 Å². The summed E-state index contributed by atoms with van der Waals surface area (Å²) in [4.78, 5) is 24.6. The summed E-state index contributed by atoms with van der Waals surface area (Å²) in [5.41, 5.74) is 1.04. The molecule has 0 unspecified atom stereocenters. The van der Waals surface area contributed by atoms with Crippen LogP contribution in [0.5, 0.6) is 23.0 Å². The number of halogens is 1. The van der Waals surface area contributed by atoms with E-state index < -0.39 is 11.4 Å². The maximum Gasteiger partial charge on any atom is 0.341 e. The van der Waals surface area contributed by atoms with Crippen LogP contribution >= 0.6 is 11.6 Å². The molecule has 0 bridgehead atoms. The summed E-state index contributed by atoms with van der Waals surface area (Å²) in [5.74, 6) is 0.549. The zero-order valence-electron chi connectivity index (χ0n) is 19.9. The third-order valence-corrected chi connectivity index (χ3v) is 6.03. The fourth-order valence-corrected chi connectivity index (χ4v) is 4.03. The second-order valence-electron chi connectivity index (χ2n) is 7.97. The van der Waals surface area contributed by atoms with Gasteiger partial charge < -0.3 is 28.6 Å². The number of carboxylic acids is 1. The van der Waals surface area contributed by atoms with E-state index in [0.29, 0.717) is 17.0 Å². The van der Waals surface area contributed by atoms with Crippen LogP contribution in [0.2, 0.25) is 5.02 Å². The van der Waals surface area contributed by atoms with Crippen molar-refractivity contribution in [1.29, 1.82) is 0 Å². The van der Waals surface area contributed by atoms with Crippen LogP contribution in [0.3, 0.4) is 0 Å². The quantitative estimate of drug-likeness (QED) is 0.336. The Kier molecular flexibility index (Phi) is 7.36. The number of carbonyl (C=O) groups is 1. The number of pyridine rings is 1. The van der Waals surface area contributed by atoms with Gasteiger partial charge in [-0.05, 0) is 35.4 Å². The van der Waals surface area contributed by atoms with Crippen molar-refractivity contribution in [3.05, 3.63) is 92.7 Å². The summed E-state index contributed by atoms with van der Waals surface area (Å²) in [7, 11) is 4.81. The lowest BCUT2D eigenvalue weighted by molar-refractivity contribution is 0.0695. The van der Waals surface area contributed by atoms with E-state index in [1.165, 1.54) is 10.8 Å². The molecule has 186 valence electrons. The highest BCUT2D eigenvalue weighted by molar-refractivity contribution is 6.37. The molecule has 0 aliphatic heterocycles. The normalized spacial score (nSPS) is 10.8. The minimum Gasteiger partial charge on any atom is -0.497 e. The topological polar surface area (TPSA) is 96.2 Å². The van der Waals surface area contributed by atoms with E-state index in [2.05, 4.69) is 0 Å². The average molecular weight is 510 g/mol. The maximum absolute atomic E-state index is 13.0. The second-order valence-corrected chi connectivity index (χ2v) is 8.35. The van der Waals surface area contributed by atoms with Gasteiger partial charge >= 0.3 is 5.97 Å². The minimum atomic E-state index is -1.34. The summed E-state index contributed by atoms with van der Waals surface area (Å²) in [6.07, 6.45) is 1.26. The number of ether oxygens (including phenoxy) is 4. The summed E-state index contributed by atoms with van der Waals surface area (Å²) in [6, 6.07) is 16.3. The molecule has 9 heteroatoms. The molecule has 0 saturated heterocycles. The number of aromatic carboxylic acids is 1. The molecule has 4 aromatic rings. The van der Waals surface area contributed by atoms with Crippen LogP contribution in [-0.2, 0) is 20.3 Å². The van der Waals surface area contributed by atoms with E-state index in [4.69, 9.17) is 30.5 Å². The van der Waals surface area contributed by atoms with Gasteiger partial charge in [-0.1, -0.05) is 35.9 Å². The second kappa shape index (κ2) is 10.6. The van der Waals surface area contributed by atoms with E-state index in [1.54, 1.807) is 39.5 Å². The monoisotopic (exact) mass is 509 g/mol. The molecule has 1 N–H and O–H groups in total. The van der Waals surface area contributed by atoms with Crippen molar-refractivity contribution in [3.63, 3.8) is 0 Å². The Hall–Kier alpha value is -4.17. The number of methoxy groups -OCH3 is 2. The third kappa shape index (κ3) is 5.08. The first-order valence-electron chi connectivity index (χ1n) is 10.9. The van der Waals surface area contributed by atoms with E-state index >= 15 is 0 Å². The molecule has 3 aromatic carbocycles. The molecule has 36 heavy (non-hydrogen) atoms. The molecule has 1 heterocycles. The standard InChI is InChI=1S/C27H24ClNO7/c1-29-13-20(27(31)32)25(30)23-21(29)12-22(35-14-16-4-8-18(33-2)9-5-16)26(24(23)28)36-15-17-6-10-19(34-3)11-7-17/h4-13H,14-15H2,1-3H3,(H,31,32). The number of benzene rings is 3. The fourth-order valence-electron chi connectivity index (χ4n) is 3.70. The van der Waals surface area contributed by atoms with Crippen LogP contribution in [-0.4, -0.2) is 29.9 Å². The Labute approximate surface area is 212 Å². The molecular weight excluding hydrogens is 486 g/mol. The number of aromatic nitrogens is 1. The first kappa shape index (κ1) is 24.9. The van der Waals surface area contributed by atoms with Crippen molar-refractivity contribution in [2.75, 3.05) is 14.2 Å². The Bertz CT molecular complexity index is 1460. The first-order chi connectivity index (χ1) is 17.3. The van der Waals surface area contributed by atoms with Gasteiger partial charge in [-0.25, -0.2) is 4.79 Å². The summed E-state index contributed by atoms with van der Waals surface area (Å²) in [6.45, 7) is 0.332. The Morgan fingerprint density at radius 2 is 1.44 bits per heavy atom. The molecule has 0 fully saturated rings. The van der Waals surface area contributed by atoms with E-state index in [9.17, 15) is 14.7 Å². The molecule has 0 aliphatic carbocycles. The van der Waals surface area contributed by atoms with E-state index in [-0.39, 0.29) is 34.9 Å². The van der Waals surface area contributed by atoms with Crippen LogP contribution < -0.4 is 24.4 Å². The van der Waals surface area contributed by atoms with Gasteiger partial charge in [-0.3, -0.25) is 4.79 Å². The summed E-state index contributed by atoms with van der Waals surface area (Å²) in [5, 5.41) is 9.50. The minimum absolute atomic E-state index is 0.0190. The smallest absolute Gasteiger partial charge is 0.341 e. The van der Waals surface area contributed by atoms with Gasteiger partial charge in [0.2, 0.25) is 5.43 Å². The van der Waals surface area contributed by atoms with E-state index in [0.717, 1.165) is 16.9 Å². The lowest BCUT2D eigenvalue weighted by Gasteiger charge is -2.18. The SMILES string of the molecule is COc1ccc(COc2cc3c(c(Cl)c2OCc2ccc(OC)cc2)c(=O)c(C(=O)O)cn3C)cc1. The van der Waals surface area contributed by atoms with Crippen molar-refractivity contribution in [2.45, 2.75) is 13.2 Å². The van der Waals surface area contributed by atoms with Crippen molar-refractivity contribution in [2.24, 2.45) is 7.05 Å². The lowest BCUT2D eigenvalue weighted by atomic mass is 10.1. The van der Waals surface area contributed by atoms with Crippen LogP contribution in [0.1, 0.15) is 21.5 Å². The number of hydrogen-bond acceptors (Lipinski definition) is 6. The molecule has 0 saturated carbocycles. The van der Waals surface area contributed by atoms with E-state index in [1.807, 2.05) is 36.4 Å². The zero-order chi connectivity index (χ0) is 25.8. The zero-order valence-corrected chi connectivity index (χ0v) is 20.7. The van der Waals surface area contributed by atoms with Crippen molar-refractivity contribution in [3.8, 4) is 23.0 Å². The van der Waals surface area contributed by atoms with Crippen LogP contribution in [0, 0.1) is 0 Å². The lowest BCUT2D eigenvalue weighted by Crippen LogP contribution is -2.18.